The quantitative estimate of drug-likeness (QED) is 0.738. The average Bonchev–Trinajstić information content (AvgIpc) is 2.38. The van der Waals surface area contributed by atoms with Crippen LogP contribution in [0.3, 0.4) is 0 Å². The van der Waals surface area contributed by atoms with E-state index in [-0.39, 0.29) is 5.56 Å². The Hall–Kier alpha value is -2.49. The van der Waals surface area contributed by atoms with E-state index in [0.717, 1.165) is 18.3 Å². The largest absolute Gasteiger partial charge is 0.478 e. The number of carboxylic acid groups (broad SMARTS) is 1. The Bertz CT molecular complexity index is 638. The molecule has 1 N–H and O–H groups in total. The number of nitrogens with zero attached hydrogens (tertiary/aromatic N) is 4. The van der Waals surface area contributed by atoms with Gasteiger partial charge in [0.05, 0.1) is 17.7 Å². The molecule has 98 valence electrons. The Balaban J connectivity index is 3.15. The van der Waals surface area contributed by atoms with Crippen molar-refractivity contribution in [2.45, 2.75) is 5.03 Å². The lowest BCUT2D eigenvalue weighted by atomic mass is 10.3. The van der Waals surface area contributed by atoms with Gasteiger partial charge in [0.1, 0.15) is 13.1 Å². The number of aromatic carboxylic acids is 1. The molecule has 19 heavy (non-hydrogen) atoms. The van der Waals surface area contributed by atoms with Crippen molar-refractivity contribution < 1.29 is 18.3 Å². The minimum Gasteiger partial charge on any atom is -0.478 e. The van der Waals surface area contributed by atoms with Crippen LogP contribution in [-0.4, -0.2) is 41.9 Å². The molecule has 1 rings (SSSR count). The molecule has 0 atom stereocenters. The van der Waals surface area contributed by atoms with E-state index in [1.165, 1.54) is 0 Å². The molecule has 0 aliphatic rings. The van der Waals surface area contributed by atoms with Crippen LogP contribution in [0.4, 0.5) is 0 Å². The molecule has 0 radical (unpaired) electrons. The van der Waals surface area contributed by atoms with Crippen LogP contribution in [0.1, 0.15) is 10.4 Å². The van der Waals surface area contributed by atoms with Gasteiger partial charge < -0.3 is 5.11 Å². The summed E-state index contributed by atoms with van der Waals surface area (Å²) in [6.45, 7) is -0.976. The smallest absolute Gasteiger partial charge is 0.337 e. The third-order valence-corrected chi connectivity index (χ3v) is 3.79. The summed E-state index contributed by atoms with van der Waals surface area (Å²) in [7, 11) is -4.08. The Labute approximate surface area is 109 Å². The molecule has 1 aromatic rings. The molecular weight excluding hydrogens is 272 g/mol. The highest BCUT2D eigenvalue weighted by Gasteiger charge is 2.25. The van der Waals surface area contributed by atoms with Gasteiger partial charge in [0, 0.05) is 6.20 Å². The second kappa shape index (κ2) is 5.91. The summed E-state index contributed by atoms with van der Waals surface area (Å²) in [4.78, 5) is 14.1. The van der Waals surface area contributed by atoms with Crippen LogP contribution in [-0.2, 0) is 10.0 Å². The highest BCUT2D eigenvalue weighted by molar-refractivity contribution is 7.89. The molecule has 8 nitrogen and oxygen atoms in total. The monoisotopic (exact) mass is 280 g/mol. The maximum absolute atomic E-state index is 12.0. The topological polar surface area (TPSA) is 135 Å². The highest BCUT2D eigenvalue weighted by atomic mass is 32.2. The zero-order chi connectivity index (χ0) is 14.5. The third-order valence-electron chi connectivity index (χ3n) is 2.08. The summed E-state index contributed by atoms with van der Waals surface area (Å²) in [5.41, 5.74) is -0.161. The Morgan fingerprint density at radius 3 is 2.26 bits per heavy atom. The Morgan fingerprint density at radius 1 is 1.32 bits per heavy atom. The van der Waals surface area contributed by atoms with E-state index in [1.807, 2.05) is 0 Å². The fourth-order valence-corrected chi connectivity index (χ4v) is 2.32. The van der Waals surface area contributed by atoms with Gasteiger partial charge in [-0.2, -0.15) is 14.8 Å². The fourth-order valence-electron chi connectivity index (χ4n) is 1.18. The number of rotatable bonds is 5. The van der Waals surface area contributed by atoms with E-state index in [0.29, 0.717) is 4.31 Å². The Morgan fingerprint density at radius 2 is 1.89 bits per heavy atom. The minimum atomic E-state index is -4.08. The number of carbonyl (C=O) groups is 1. The first-order chi connectivity index (χ1) is 8.93. The summed E-state index contributed by atoms with van der Waals surface area (Å²) in [5, 5.41) is 25.3. The zero-order valence-electron chi connectivity index (χ0n) is 9.52. The van der Waals surface area contributed by atoms with Crippen LogP contribution in [0, 0.1) is 22.7 Å². The summed E-state index contributed by atoms with van der Waals surface area (Å²) < 4.78 is 24.7. The predicted octanol–water partition coefficient (Wildman–Crippen LogP) is -0.182. The normalized spacial score (nSPS) is 10.7. The summed E-state index contributed by atoms with van der Waals surface area (Å²) in [6, 6.07) is 5.36. The molecule has 0 saturated heterocycles. The van der Waals surface area contributed by atoms with Crippen LogP contribution < -0.4 is 0 Å². The average molecular weight is 280 g/mol. The standard InChI is InChI=1S/C10H8N4O4S/c11-3-5-14(6-4-12)19(17,18)9-2-1-8(7-13-9)10(15)16/h1-2,7H,5-6H2,(H,15,16). The molecule has 0 amide bonds. The maximum Gasteiger partial charge on any atom is 0.337 e. The van der Waals surface area contributed by atoms with Gasteiger partial charge in [-0.05, 0) is 12.1 Å². The molecule has 0 aliphatic carbocycles. The van der Waals surface area contributed by atoms with Gasteiger partial charge in [0.25, 0.3) is 10.0 Å². The maximum atomic E-state index is 12.0. The van der Waals surface area contributed by atoms with Crippen molar-refractivity contribution in [2.75, 3.05) is 13.1 Å². The van der Waals surface area contributed by atoms with Crippen LogP contribution in [0.5, 0.6) is 0 Å². The minimum absolute atomic E-state index is 0.161. The van der Waals surface area contributed by atoms with Gasteiger partial charge in [-0.3, -0.25) is 0 Å². The second-order valence-corrected chi connectivity index (χ2v) is 5.16. The lowest BCUT2D eigenvalue weighted by Gasteiger charge is -2.14. The molecule has 0 spiro atoms. The van der Waals surface area contributed by atoms with Crippen molar-refractivity contribution in [1.29, 1.82) is 10.5 Å². The van der Waals surface area contributed by atoms with Gasteiger partial charge in [-0.1, -0.05) is 0 Å². The number of nitriles is 2. The van der Waals surface area contributed by atoms with Gasteiger partial charge in [0.2, 0.25) is 0 Å². The number of hydrogen-bond donors (Lipinski definition) is 1. The number of aromatic nitrogens is 1. The van der Waals surface area contributed by atoms with E-state index >= 15 is 0 Å². The molecule has 9 heteroatoms. The van der Waals surface area contributed by atoms with Gasteiger partial charge in [0.15, 0.2) is 5.03 Å². The van der Waals surface area contributed by atoms with E-state index < -0.39 is 34.1 Å². The first-order valence-corrected chi connectivity index (χ1v) is 6.31. The van der Waals surface area contributed by atoms with Crippen LogP contribution >= 0.6 is 0 Å². The number of sulfonamides is 1. The number of pyridine rings is 1. The molecule has 0 saturated carbocycles. The van der Waals surface area contributed by atoms with Gasteiger partial charge >= 0.3 is 5.97 Å². The second-order valence-electron chi connectivity index (χ2n) is 3.28. The predicted molar refractivity (Wildman–Crippen MR) is 61.2 cm³/mol. The van der Waals surface area contributed by atoms with Crippen molar-refractivity contribution in [1.82, 2.24) is 9.29 Å². The molecule has 0 aliphatic heterocycles. The summed E-state index contributed by atoms with van der Waals surface area (Å²) in [5.74, 6) is -1.23. The fraction of sp³-hybridized carbons (Fsp3) is 0.200. The molecule has 1 aromatic heterocycles. The summed E-state index contributed by atoms with van der Waals surface area (Å²) in [6.07, 6.45) is 0.895. The zero-order valence-corrected chi connectivity index (χ0v) is 10.3. The SMILES string of the molecule is N#CCN(CC#N)S(=O)(=O)c1ccc(C(=O)O)cn1. The molecule has 0 aromatic carbocycles. The third kappa shape index (κ3) is 3.25. The van der Waals surface area contributed by atoms with E-state index in [4.69, 9.17) is 15.6 Å². The Kier molecular flexibility index (Phi) is 4.53. The van der Waals surface area contributed by atoms with Crippen LogP contribution in [0.15, 0.2) is 23.4 Å². The lowest BCUT2D eigenvalue weighted by Crippen LogP contribution is -2.32. The molecule has 0 bridgehead atoms. The van der Waals surface area contributed by atoms with E-state index in [2.05, 4.69) is 4.98 Å². The first kappa shape index (κ1) is 14.6. The van der Waals surface area contributed by atoms with Gasteiger partial charge in [-0.25, -0.2) is 18.2 Å². The lowest BCUT2D eigenvalue weighted by molar-refractivity contribution is 0.0696. The highest BCUT2D eigenvalue weighted by Crippen LogP contribution is 2.13. The first-order valence-electron chi connectivity index (χ1n) is 4.87. The number of carboxylic acids is 1. The van der Waals surface area contributed by atoms with Crippen molar-refractivity contribution in [3.63, 3.8) is 0 Å². The van der Waals surface area contributed by atoms with Gasteiger partial charge in [-0.15, -0.1) is 0 Å². The molecular formula is C10H8N4O4S. The van der Waals surface area contributed by atoms with Crippen molar-refractivity contribution >= 4 is 16.0 Å². The van der Waals surface area contributed by atoms with Crippen molar-refractivity contribution in [3.05, 3.63) is 23.9 Å². The van der Waals surface area contributed by atoms with Crippen LogP contribution in [0.2, 0.25) is 0 Å². The van der Waals surface area contributed by atoms with Crippen molar-refractivity contribution in [3.8, 4) is 12.1 Å². The summed E-state index contributed by atoms with van der Waals surface area (Å²) >= 11 is 0. The molecule has 1 heterocycles. The van der Waals surface area contributed by atoms with Crippen molar-refractivity contribution in [2.24, 2.45) is 0 Å². The van der Waals surface area contributed by atoms with Crippen LogP contribution in [0.25, 0.3) is 0 Å². The molecule has 0 fully saturated rings. The molecule has 0 unspecified atom stereocenters. The van der Waals surface area contributed by atoms with E-state index in [9.17, 15) is 13.2 Å². The number of hydrogen-bond acceptors (Lipinski definition) is 6. The van der Waals surface area contributed by atoms with E-state index in [1.54, 1.807) is 12.1 Å².